The molecule has 1 atom stereocenters. The topological polar surface area (TPSA) is 77.1 Å². The van der Waals surface area contributed by atoms with E-state index >= 15 is 0 Å². The van der Waals surface area contributed by atoms with Gasteiger partial charge in [-0.1, -0.05) is 6.07 Å². The molecule has 1 unspecified atom stereocenters. The third-order valence-electron chi connectivity index (χ3n) is 6.63. The maximum Gasteiger partial charge on any atom is 0.256 e. The number of benzene rings is 3. The first kappa shape index (κ1) is 20.5. The van der Waals surface area contributed by atoms with Crippen LogP contribution in [0.25, 0.3) is 0 Å². The van der Waals surface area contributed by atoms with Gasteiger partial charge < -0.3 is 24.4 Å². The van der Waals surface area contributed by atoms with E-state index in [0.29, 0.717) is 52.8 Å². The van der Waals surface area contributed by atoms with Crippen LogP contribution in [0.2, 0.25) is 0 Å². The number of ketones is 1. The second-order valence-electron chi connectivity index (χ2n) is 8.63. The van der Waals surface area contributed by atoms with Crippen LogP contribution in [-0.4, -0.2) is 45.1 Å². The highest BCUT2D eigenvalue weighted by atomic mass is 19.1. The molecule has 0 saturated carbocycles. The number of ether oxygens (including phenoxy) is 3. The first-order chi connectivity index (χ1) is 16.5. The highest BCUT2D eigenvalue weighted by Gasteiger charge is 2.54. The van der Waals surface area contributed by atoms with Crippen molar-refractivity contribution in [3.8, 4) is 17.2 Å². The average Bonchev–Trinajstić information content (AvgIpc) is 3.21. The van der Waals surface area contributed by atoms with E-state index < -0.39 is 17.1 Å². The van der Waals surface area contributed by atoms with Crippen molar-refractivity contribution < 1.29 is 28.2 Å². The Morgan fingerprint density at radius 3 is 2.50 bits per heavy atom. The number of halogens is 1. The molecule has 3 aromatic carbocycles. The van der Waals surface area contributed by atoms with Gasteiger partial charge in [0.2, 0.25) is 0 Å². The number of carbonyl (C=O) groups is 2. The van der Waals surface area contributed by atoms with Crippen LogP contribution in [0, 0.1) is 5.82 Å². The quantitative estimate of drug-likeness (QED) is 0.631. The van der Waals surface area contributed by atoms with Crippen molar-refractivity contribution in [1.82, 2.24) is 0 Å². The molecule has 1 spiro atoms. The van der Waals surface area contributed by atoms with Crippen LogP contribution in [0.15, 0.2) is 54.6 Å². The van der Waals surface area contributed by atoms with Gasteiger partial charge in [-0.05, 0) is 42.5 Å². The van der Waals surface area contributed by atoms with E-state index in [1.807, 2.05) is 18.0 Å². The second-order valence-corrected chi connectivity index (χ2v) is 8.63. The number of Topliss-reactive ketones (excluding diaryl/α,β-unsaturated/α-hetero) is 1. The highest BCUT2D eigenvalue weighted by molar-refractivity contribution is 6.11. The first-order valence-electron chi connectivity index (χ1n) is 11.0. The molecular formula is C26H21FN2O5. The molecule has 1 N–H and O–H groups in total. The minimum Gasteiger partial charge on any atom is -0.491 e. The molecule has 1 amide bonds. The van der Waals surface area contributed by atoms with E-state index in [2.05, 4.69) is 5.32 Å². The highest BCUT2D eigenvalue weighted by Crippen LogP contribution is 2.53. The van der Waals surface area contributed by atoms with Gasteiger partial charge in [-0.15, -0.1) is 0 Å². The van der Waals surface area contributed by atoms with Crippen molar-refractivity contribution in [2.45, 2.75) is 5.41 Å². The molecule has 8 heteroatoms. The number of nitrogens with zero attached hydrogens (tertiary/aromatic N) is 1. The summed E-state index contributed by atoms with van der Waals surface area (Å²) in [5.74, 6) is 0.815. The zero-order valence-electron chi connectivity index (χ0n) is 18.4. The Labute approximate surface area is 195 Å². The summed E-state index contributed by atoms with van der Waals surface area (Å²) < 4.78 is 30.8. The largest absolute Gasteiger partial charge is 0.491 e. The molecule has 3 aromatic rings. The summed E-state index contributed by atoms with van der Waals surface area (Å²) in [6, 6.07) is 14.5. The summed E-state index contributed by atoms with van der Waals surface area (Å²) in [6.07, 6.45) is 0. The predicted molar refractivity (Wildman–Crippen MR) is 123 cm³/mol. The fourth-order valence-electron chi connectivity index (χ4n) is 5.03. The van der Waals surface area contributed by atoms with Crippen molar-refractivity contribution >= 4 is 23.1 Å². The Morgan fingerprint density at radius 2 is 1.74 bits per heavy atom. The monoisotopic (exact) mass is 460 g/mol. The van der Waals surface area contributed by atoms with Gasteiger partial charge >= 0.3 is 0 Å². The van der Waals surface area contributed by atoms with Crippen molar-refractivity contribution in [2.24, 2.45) is 0 Å². The van der Waals surface area contributed by atoms with Crippen LogP contribution in [0.4, 0.5) is 15.8 Å². The lowest BCUT2D eigenvalue weighted by Crippen LogP contribution is -2.50. The molecule has 0 fully saturated rings. The molecule has 0 bridgehead atoms. The number of hydrogen-bond acceptors (Lipinski definition) is 6. The number of rotatable bonds is 2. The van der Waals surface area contributed by atoms with E-state index in [1.165, 1.54) is 24.3 Å². The average molecular weight is 460 g/mol. The van der Waals surface area contributed by atoms with Crippen molar-refractivity contribution in [3.05, 3.63) is 77.1 Å². The number of anilines is 2. The number of carbonyl (C=O) groups excluding carboxylic acids is 2. The Kier molecular flexibility index (Phi) is 4.52. The zero-order valence-corrected chi connectivity index (χ0v) is 18.4. The van der Waals surface area contributed by atoms with E-state index in [-0.39, 0.29) is 18.9 Å². The van der Waals surface area contributed by atoms with Crippen molar-refractivity contribution in [1.29, 1.82) is 0 Å². The van der Waals surface area contributed by atoms with E-state index in [0.717, 1.165) is 5.69 Å². The first-order valence-corrected chi connectivity index (χ1v) is 11.0. The van der Waals surface area contributed by atoms with Gasteiger partial charge in [-0.25, -0.2) is 4.39 Å². The molecule has 0 aromatic heterocycles. The van der Waals surface area contributed by atoms with E-state index in [1.54, 1.807) is 24.3 Å². The lowest BCUT2D eigenvalue weighted by Gasteiger charge is -2.39. The summed E-state index contributed by atoms with van der Waals surface area (Å²) in [4.78, 5) is 29.0. The molecule has 0 radical (unpaired) electrons. The Bertz CT molecular complexity index is 1340. The van der Waals surface area contributed by atoms with Gasteiger partial charge in [0.05, 0.1) is 6.54 Å². The van der Waals surface area contributed by atoms with Gasteiger partial charge in [0.25, 0.3) is 5.91 Å². The summed E-state index contributed by atoms with van der Waals surface area (Å²) in [6.45, 7) is 1.11. The van der Waals surface area contributed by atoms with Crippen LogP contribution in [0.3, 0.4) is 0 Å². The molecule has 172 valence electrons. The SMILES string of the molecule is CN1CC(=O)C2(COc3cc4c(cc32)OCCO4)c2c(C(=O)Nc3ccc(F)cc3)cccc21. The number of nitrogens with one attached hydrogen (secondary N) is 1. The summed E-state index contributed by atoms with van der Waals surface area (Å²) in [7, 11) is 1.83. The van der Waals surface area contributed by atoms with Gasteiger partial charge in [0.1, 0.15) is 36.8 Å². The molecule has 6 rings (SSSR count). The molecule has 34 heavy (non-hydrogen) atoms. The third kappa shape index (κ3) is 2.95. The molecule has 0 saturated heterocycles. The molecule has 3 heterocycles. The van der Waals surface area contributed by atoms with Crippen molar-refractivity contribution in [2.75, 3.05) is 43.6 Å². The Morgan fingerprint density at radius 1 is 1.00 bits per heavy atom. The predicted octanol–water partition coefficient (Wildman–Crippen LogP) is 3.55. The fraction of sp³-hybridized carbons (Fsp3) is 0.231. The molecular weight excluding hydrogens is 439 g/mol. The lowest BCUT2D eigenvalue weighted by atomic mass is 9.68. The number of fused-ring (bicyclic) bond motifs is 5. The summed E-state index contributed by atoms with van der Waals surface area (Å²) >= 11 is 0. The van der Waals surface area contributed by atoms with Gasteiger partial charge in [0.15, 0.2) is 17.3 Å². The van der Waals surface area contributed by atoms with E-state index in [4.69, 9.17) is 14.2 Å². The van der Waals surface area contributed by atoms with Crippen LogP contribution in [-0.2, 0) is 10.2 Å². The van der Waals surface area contributed by atoms with Gasteiger partial charge in [-0.3, -0.25) is 9.59 Å². The fourth-order valence-corrected chi connectivity index (χ4v) is 5.03. The molecule has 3 aliphatic heterocycles. The van der Waals surface area contributed by atoms with Crippen LogP contribution in [0.5, 0.6) is 17.2 Å². The Hall–Kier alpha value is -4.07. The third-order valence-corrected chi connectivity index (χ3v) is 6.63. The normalized spacial score (nSPS) is 19.9. The van der Waals surface area contributed by atoms with E-state index in [9.17, 15) is 14.0 Å². The maximum atomic E-state index is 13.7. The van der Waals surface area contributed by atoms with Crippen LogP contribution >= 0.6 is 0 Å². The summed E-state index contributed by atoms with van der Waals surface area (Å²) in [5.41, 5.74) is 1.67. The molecule has 0 aliphatic carbocycles. The maximum absolute atomic E-state index is 13.7. The van der Waals surface area contributed by atoms with Gasteiger partial charge in [0, 0.05) is 41.2 Å². The van der Waals surface area contributed by atoms with Gasteiger partial charge in [-0.2, -0.15) is 0 Å². The number of likely N-dealkylation sites (N-methyl/N-ethyl adjacent to an activating group) is 1. The summed E-state index contributed by atoms with van der Waals surface area (Å²) in [5, 5.41) is 2.82. The molecule has 7 nitrogen and oxygen atoms in total. The second kappa shape index (κ2) is 7.48. The standard InChI is InChI=1S/C26H21FN2O5/c1-29-13-23(30)26(14-34-20-12-22-21(11-18(20)26)32-9-10-33-22)24-17(3-2-4-19(24)29)25(31)28-16-7-5-15(27)6-8-16/h2-8,11-12H,9-10,13-14H2,1H3,(H,28,31). The van der Waals surface area contributed by atoms with Crippen LogP contribution in [0.1, 0.15) is 21.5 Å². The van der Waals surface area contributed by atoms with Crippen LogP contribution < -0.4 is 24.4 Å². The minimum absolute atomic E-state index is 0.0695. The lowest BCUT2D eigenvalue weighted by molar-refractivity contribution is -0.122. The number of hydrogen-bond donors (Lipinski definition) is 1. The number of amides is 1. The van der Waals surface area contributed by atoms with Crippen molar-refractivity contribution in [3.63, 3.8) is 0 Å². The zero-order chi connectivity index (χ0) is 23.4. The minimum atomic E-state index is -1.16. The molecule has 3 aliphatic rings. The smallest absolute Gasteiger partial charge is 0.256 e. The Balaban J connectivity index is 1.52.